The standard InChI is InChI=1S/C8H7IN2/c1-11-5-6-7(9)3-2-4-8(6)10-11/h2-5H,1H3. The van der Waals surface area contributed by atoms with Crippen LogP contribution in [0.15, 0.2) is 24.4 Å². The molecule has 0 atom stereocenters. The maximum Gasteiger partial charge on any atom is 0.0933 e. The van der Waals surface area contributed by atoms with Crippen LogP contribution < -0.4 is 0 Å². The van der Waals surface area contributed by atoms with Crippen LogP contribution in [0.1, 0.15) is 0 Å². The number of nitrogens with zero attached hydrogens (tertiary/aromatic N) is 2. The highest BCUT2D eigenvalue weighted by Gasteiger charge is 1.99. The van der Waals surface area contributed by atoms with Crippen molar-refractivity contribution in [1.29, 1.82) is 0 Å². The van der Waals surface area contributed by atoms with Gasteiger partial charge in [-0.15, -0.1) is 0 Å². The number of aryl methyl sites for hydroxylation is 1. The maximum atomic E-state index is 4.29. The summed E-state index contributed by atoms with van der Waals surface area (Å²) in [6.07, 6.45) is 2.04. The van der Waals surface area contributed by atoms with Crippen LogP contribution in [0.2, 0.25) is 0 Å². The first-order chi connectivity index (χ1) is 5.27. The number of aromatic nitrogens is 2. The Labute approximate surface area is 78.3 Å². The molecule has 0 radical (unpaired) electrons. The van der Waals surface area contributed by atoms with Gasteiger partial charge in [0.05, 0.1) is 5.52 Å². The molecule has 0 saturated carbocycles. The number of fused-ring (bicyclic) bond motifs is 1. The van der Waals surface area contributed by atoms with Crippen LogP contribution in [0.3, 0.4) is 0 Å². The maximum absolute atomic E-state index is 4.29. The van der Waals surface area contributed by atoms with Gasteiger partial charge in [0.1, 0.15) is 0 Å². The van der Waals surface area contributed by atoms with E-state index in [0.29, 0.717) is 0 Å². The normalized spacial score (nSPS) is 10.7. The molecule has 0 bridgehead atoms. The van der Waals surface area contributed by atoms with Crippen LogP contribution in [0, 0.1) is 3.57 Å². The lowest BCUT2D eigenvalue weighted by Crippen LogP contribution is -1.84. The minimum Gasteiger partial charge on any atom is -0.275 e. The van der Waals surface area contributed by atoms with Crippen molar-refractivity contribution in [2.75, 3.05) is 0 Å². The molecule has 1 heterocycles. The predicted octanol–water partition coefficient (Wildman–Crippen LogP) is 2.18. The van der Waals surface area contributed by atoms with Crippen LogP contribution in [-0.4, -0.2) is 9.78 Å². The van der Waals surface area contributed by atoms with Gasteiger partial charge in [0, 0.05) is 22.2 Å². The average molecular weight is 258 g/mol. The highest BCUT2D eigenvalue weighted by Crippen LogP contribution is 2.18. The number of hydrogen-bond donors (Lipinski definition) is 0. The van der Waals surface area contributed by atoms with Crippen LogP contribution in [0.5, 0.6) is 0 Å². The monoisotopic (exact) mass is 258 g/mol. The van der Waals surface area contributed by atoms with Gasteiger partial charge in [0.15, 0.2) is 0 Å². The Morgan fingerprint density at radius 1 is 1.45 bits per heavy atom. The molecule has 11 heavy (non-hydrogen) atoms. The Balaban J connectivity index is 2.90. The van der Waals surface area contributed by atoms with E-state index in [-0.39, 0.29) is 0 Å². The summed E-state index contributed by atoms with van der Waals surface area (Å²) in [4.78, 5) is 0. The van der Waals surface area contributed by atoms with Gasteiger partial charge in [-0.2, -0.15) is 5.10 Å². The SMILES string of the molecule is Cn1cc2c(I)cccc2n1. The van der Waals surface area contributed by atoms with Gasteiger partial charge in [-0.25, -0.2) is 0 Å². The first-order valence-corrected chi connectivity index (χ1v) is 4.43. The Bertz CT molecular complexity index is 392. The first kappa shape index (κ1) is 7.09. The van der Waals surface area contributed by atoms with Gasteiger partial charge in [0.25, 0.3) is 0 Å². The van der Waals surface area contributed by atoms with E-state index in [1.807, 2.05) is 30.1 Å². The summed E-state index contributed by atoms with van der Waals surface area (Å²) < 4.78 is 3.10. The molecule has 0 spiro atoms. The number of halogens is 1. The molecule has 2 rings (SSSR count). The molecule has 2 nitrogen and oxygen atoms in total. The lowest BCUT2D eigenvalue weighted by molar-refractivity contribution is 0.779. The average Bonchev–Trinajstić information content (AvgIpc) is 2.31. The number of hydrogen-bond acceptors (Lipinski definition) is 1. The minimum absolute atomic E-state index is 1.07. The zero-order valence-electron chi connectivity index (χ0n) is 6.08. The fraction of sp³-hybridized carbons (Fsp3) is 0.125. The van der Waals surface area contributed by atoms with Gasteiger partial charge in [-0.1, -0.05) is 6.07 Å². The van der Waals surface area contributed by atoms with Gasteiger partial charge in [0.2, 0.25) is 0 Å². The van der Waals surface area contributed by atoms with Crippen molar-refractivity contribution in [3.05, 3.63) is 28.0 Å². The van der Waals surface area contributed by atoms with Crippen molar-refractivity contribution in [1.82, 2.24) is 9.78 Å². The van der Waals surface area contributed by atoms with E-state index < -0.39 is 0 Å². The van der Waals surface area contributed by atoms with E-state index in [0.717, 1.165) is 5.52 Å². The topological polar surface area (TPSA) is 17.8 Å². The van der Waals surface area contributed by atoms with Crippen molar-refractivity contribution in [2.45, 2.75) is 0 Å². The molecule has 1 aromatic heterocycles. The van der Waals surface area contributed by atoms with Crippen molar-refractivity contribution in [3.8, 4) is 0 Å². The molecule has 0 aliphatic carbocycles. The Morgan fingerprint density at radius 2 is 2.27 bits per heavy atom. The van der Waals surface area contributed by atoms with E-state index >= 15 is 0 Å². The fourth-order valence-corrected chi connectivity index (χ4v) is 1.75. The molecule has 0 fully saturated rings. The van der Waals surface area contributed by atoms with Crippen LogP contribution in [0.4, 0.5) is 0 Å². The Kier molecular flexibility index (Phi) is 1.60. The van der Waals surface area contributed by atoms with Gasteiger partial charge in [-0.05, 0) is 34.7 Å². The molecule has 0 amide bonds. The molecule has 0 aliphatic heterocycles. The largest absolute Gasteiger partial charge is 0.275 e. The third-order valence-electron chi connectivity index (χ3n) is 1.61. The third-order valence-corrected chi connectivity index (χ3v) is 2.55. The highest BCUT2D eigenvalue weighted by atomic mass is 127. The Hall–Kier alpha value is -0.580. The van der Waals surface area contributed by atoms with Gasteiger partial charge < -0.3 is 0 Å². The van der Waals surface area contributed by atoms with Crippen molar-refractivity contribution >= 4 is 33.5 Å². The lowest BCUT2D eigenvalue weighted by Gasteiger charge is -1.88. The van der Waals surface area contributed by atoms with E-state index in [2.05, 4.69) is 33.8 Å². The molecule has 3 heteroatoms. The summed E-state index contributed by atoms with van der Waals surface area (Å²) in [7, 11) is 1.94. The highest BCUT2D eigenvalue weighted by molar-refractivity contribution is 14.1. The van der Waals surface area contributed by atoms with E-state index in [1.54, 1.807) is 0 Å². The second kappa shape index (κ2) is 2.48. The molecule has 0 saturated heterocycles. The van der Waals surface area contributed by atoms with E-state index in [4.69, 9.17) is 0 Å². The summed E-state index contributed by atoms with van der Waals surface area (Å²) in [6, 6.07) is 6.14. The molecule has 0 N–H and O–H groups in total. The fourth-order valence-electron chi connectivity index (χ4n) is 1.13. The second-order valence-electron chi connectivity index (χ2n) is 2.48. The number of benzene rings is 1. The summed E-state index contributed by atoms with van der Waals surface area (Å²) in [6.45, 7) is 0. The van der Waals surface area contributed by atoms with E-state index in [9.17, 15) is 0 Å². The first-order valence-electron chi connectivity index (χ1n) is 3.35. The zero-order valence-corrected chi connectivity index (χ0v) is 8.24. The second-order valence-corrected chi connectivity index (χ2v) is 3.64. The minimum atomic E-state index is 1.07. The zero-order chi connectivity index (χ0) is 7.84. The van der Waals surface area contributed by atoms with Crippen molar-refractivity contribution in [3.63, 3.8) is 0 Å². The van der Waals surface area contributed by atoms with Gasteiger partial charge in [-0.3, -0.25) is 4.68 Å². The smallest absolute Gasteiger partial charge is 0.0933 e. The summed E-state index contributed by atoms with van der Waals surface area (Å²) >= 11 is 2.32. The van der Waals surface area contributed by atoms with Crippen molar-refractivity contribution in [2.24, 2.45) is 7.05 Å². The van der Waals surface area contributed by atoms with Crippen LogP contribution in [0.25, 0.3) is 10.9 Å². The molecule has 0 aliphatic rings. The quantitative estimate of drug-likeness (QED) is 0.662. The van der Waals surface area contributed by atoms with Crippen LogP contribution >= 0.6 is 22.6 Å². The summed E-state index contributed by atoms with van der Waals surface area (Å²) in [5.41, 5.74) is 1.07. The van der Waals surface area contributed by atoms with Gasteiger partial charge >= 0.3 is 0 Å². The molecular weight excluding hydrogens is 251 g/mol. The van der Waals surface area contributed by atoms with E-state index in [1.165, 1.54) is 8.96 Å². The Morgan fingerprint density at radius 3 is 3.00 bits per heavy atom. The molecule has 2 aromatic rings. The molecule has 1 aromatic carbocycles. The molecular formula is C8H7IN2. The molecule has 0 unspecified atom stereocenters. The third kappa shape index (κ3) is 1.13. The summed E-state index contributed by atoms with van der Waals surface area (Å²) in [5, 5.41) is 5.52. The summed E-state index contributed by atoms with van der Waals surface area (Å²) in [5.74, 6) is 0. The predicted molar refractivity (Wildman–Crippen MR) is 53.4 cm³/mol. The van der Waals surface area contributed by atoms with Crippen molar-refractivity contribution < 1.29 is 0 Å². The molecule has 56 valence electrons. The lowest BCUT2D eigenvalue weighted by atomic mass is 10.3. The number of rotatable bonds is 0. The van der Waals surface area contributed by atoms with Crippen LogP contribution in [-0.2, 0) is 7.05 Å².